The number of carbonyl (C=O) groups excluding carboxylic acids is 2. The minimum Gasteiger partial charge on any atom is -0.267 e. The summed E-state index contributed by atoms with van der Waals surface area (Å²) in [4.78, 5) is 25.4. The second kappa shape index (κ2) is 7.18. The molecular weight excluding hydrogens is 368 g/mol. The van der Waals surface area contributed by atoms with E-state index in [1.807, 2.05) is 45.9 Å². The molecule has 0 bridgehead atoms. The first-order valence-corrected chi connectivity index (χ1v) is 8.45. The van der Waals surface area contributed by atoms with Crippen LogP contribution in [0.1, 0.15) is 47.1 Å². The zero-order valence-electron chi connectivity index (χ0n) is 14.3. The van der Waals surface area contributed by atoms with E-state index < -0.39 is 5.54 Å². The Bertz CT molecular complexity index is 749. The molecule has 0 heterocycles. The van der Waals surface area contributed by atoms with Gasteiger partial charge >= 0.3 is 0 Å². The third-order valence-electron chi connectivity index (χ3n) is 3.47. The lowest BCUT2D eigenvalue weighted by Gasteiger charge is -2.35. The van der Waals surface area contributed by atoms with Gasteiger partial charge in [-0.1, -0.05) is 39.7 Å². The van der Waals surface area contributed by atoms with Gasteiger partial charge in [0.15, 0.2) is 0 Å². The number of hydrogen-bond donors (Lipinski definition) is 1. The molecule has 4 nitrogen and oxygen atoms in total. The summed E-state index contributed by atoms with van der Waals surface area (Å²) >= 11 is 3.37. The van der Waals surface area contributed by atoms with Crippen LogP contribution in [-0.2, 0) is 0 Å². The number of rotatable bonds is 2. The van der Waals surface area contributed by atoms with Crippen LogP contribution in [-0.4, -0.2) is 22.4 Å². The number of carbonyl (C=O) groups is 2. The SMILES string of the molecule is Cc1ccc(C(=O)NN(C(=O)c2cccc(Br)c2)C(C)(C)C)cc1. The van der Waals surface area contributed by atoms with Crippen molar-refractivity contribution in [1.29, 1.82) is 0 Å². The average Bonchev–Trinajstić information content (AvgIpc) is 2.51. The van der Waals surface area contributed by atoms with E-state index in [-0.39, 0.29) is 11.8 Å². The predicted molar refractivity (Wildman–Crippen MR) is 98.7 cm³/mol. The van der Waals surface area contributed by atoms with Crippen molar-refractivity contribution in [3.63, 3.8) is 0 Å². The minimum atomic E-state index is -0.570. The normalized spacial score (nSPS) is 11.0. The van der Waals surface area contributed by atoms with Gasteiger partial charge in [0.2, 0.25) is 0 Å². The van der Waals surface area contributed by atoms with Crippen molar-refractivity contribution >= 4 is 27.7 Å². The van der Waals surface area contributed by atoms with Crippen molar-refractivity contribution in [2.75, 3.05) is 0 Å². The maximum absolute atomic E-state index is 12.9. The number of benzene rings is 2. The van der Waals surface area contributed by atoms with E-state index in [2.05, 4.69) is 21.4 Å². The molecule has 2 aromatic rings. The van der Waals surface area contributed by atoms with Crippen molar-refractivity contribution in [3.05, 3.63) is 69.7 Å². The molecule has 0 saturated heterocycles. The molecule has 0 aromatic heterocycles. The zero-order valence-corrected chi connectivity index (χ0v) is 15.8. The fraction of sp³-hybridized carbons (Fsp3) is 0.263. The molecule has 2 rings (SSSR count). The van der Waals surface area contributed by atoms with Crippen molar-refractivity contribution in [3.8, 4) is 0 Å². The van der Waals surface area contributed by atoms with Gasteiger partial charge in [-0.3, -0.25) is 15.0 Å². The molecule has 0 saturated carbocycles. The fourth-order valence-corrected chi connectivity index (χ4v) is 2.54. The number of amides is 2. The van der Waals surface area contributed by atoms with Gasteiger partial charge in [-0.05, 0) is 58.0 Å². The van der Waals surface area contributed by atoms with Crippen LogP contribution >= 0.6 is 15.9 Å². The van der Waals surface area contributed by atoms with Crippen LogP contribution in [0, 0.1) is 6.92 Å². The molecule has 0 spiro atoms. The highest BCUT2D eigenvalue weighted by molar-refractivity contribution is 9.10. The Hall–Kier alpha value is -2.14. The van der Waals surface area contributed by atoms with Crippen molar-refractivity contribution in [2.45, 2.75) is 33.2 Å². The second-order valence-corrected chi connectivity index (χ2v) is 7.54. The lowest BCUT2D eigenvalue weighted by atomic mass is 10.1. The number of aryl methyl sites for hydroxylation is 1. The molecule has 0 aliphatic rings. The number of hydrogen-bond acceptors (Lipinski definition) is 2. The molecule has 0 radical (unpaired) electrons. The monoisotopic (exact) mass is 388 g/mol. The van der Waals surface area contributed by atoms with Gasteiger partial charge in [0.05, 0.1) is 5.54 Å². The first-order valence-electron chi connectivity index (χ1n) is 7.66. The first kappa shape index (κ1) is 18.2. The van der Waals surface area contributed by atoms with Crippen LogP contribution in [0.3, 0.4) is 0 Å². The van der Waals surface area contributed by atoms with Crippen molar-refractivity contribution < 1.29 is 9.59 Å². The van der Waals surface area contributed by atoms with E-state index >= 15 is 0 Å². The summed E-state index contributed by atoms with van der Waals surface area (Å²) in [6.07, 6.45) is 0. The van der Waals surface area contributed by atoms with E-state index in [0.29, 0.717) is 11.1 Å². The van der Waals surface area contributed by atoms with Gasteiger partial charge < -0.3 is 0 Å². The number of hydrazine groups is 1. The smallest absolute Gasteiger partial charge is 0.267 e. The quantitative estimate of drug-likeness (QED) is 0.777. The van der Waals surface area contributed by atoms with Crippen LogP contribution in [0.25, 0.3) is 0 Å². The second-order valence-electron chi connectivity index (χ2n) is 6.63. The van der Waals surface area contributed by atoms with Gasteiger partial charge in [0.1, 0.15) is 0 Å². The molecular formula is C19H21BrN2O2. The lowest BCUT2D eigenvalue weighted by molar-refractivity contribution is 0.0358. The summed E-state index contributed by atoms with van der Waals surface area (Å²) in [6.45, 7) is 7.58. The fourth-order valence-electron chi connectivity index (χ4n) is 2.14. The predicted octanol–water partition coefficient (Wildman–Crippen LogP) is 4.34. The Morgan fingerprint density at radius 1 is 1.00 bits per heavy atom. The van der Waals surface area contributed by atoms with Crippen LogP contribution in [0.5, 0.6) is 0 Å². The van der Waals surface area contributed by atoms with Crippen LogP contribution in [0.2, 0.25) is 0 Å². The Kier molecular flexibility index (Phi) is 5.44. The van der Waals surface area contributed by atoms with E-state index in [1.165, 1.54) is 5.01 Å². The number of halogens is 1. The molecule has 5 heteroatoms. The summed E-state index contributed by atoms with van der Waals surface area (Å²) < 4.78 is 0.812. The molecule has 126 valence electrons. The van der Waals surface area contributed by atoms with Gasteiger partial charge in [0.25, 0.3) is 11.8 Å². The average molecular weight is 389 g/mol. The summed E-state index contributed by atoms with van der Waals surface area (Å²) in [6, 6.07) is 14.3. The van der Waals surface area contributed by atoms with Crippen molar-refractivity contribution in [2.24, 2.45) is 0 Å². The Balaban J connectivity index is 2.27. The summed E-state index contributed by atoms with van der Waals surface area (Å²) in [5.74, 6) is -0.572. The molecule has 24 heavy (non-hydrogen) atoms. The Morgan fingerprint density at radius 3 is 2.17 bits per heavy atom. The molecule has 1 N–H and O–H groups in total. The highest BCUT2D eigenvalue weighted by Crippen LogP contribution is 2.18. The molecule has 0 atom stereocenters. The van der Waals surface area contributed by atoms with Gasteiger partial charge in [0, 0.05) is 15.6 Å². The van der Waals surface area contributed by atoms with E-state index in [1.54, 1.807) is 30.3 Å². The summed E-state index contributed by atoms with van der Waals surface area (Å²) in [5.41, 5.74) is 4.26. The van der Waals surface area contributed by atoms with Gasteiger partial charge in [-0.25, -0.2) is 5.01 Å². The highest BCUT2D eigenvalue weighted by Gasteiger charge is 2.29. The van der Waals surface area contributed by atoms with E-state index in [9.17, 15) is 9.59 Å². The molecule has 0 aliphatic heterocycles. The van der Waals surface area contributed by atoms with Crippen molar-refractivity contribution in [1.82, 2.24) is 10.4 Å². The summed E-state index contributed by atoms with van der Waals surface area (Å²) in [5, 5.41) is 1.37. The van der Waals surface area contributed by atoms with Crippen LogP contribution < -0.4 is 5.43 Å². The third kappa shape index (κ3) is 4.45. The standard InChI is InChI=1S/C19H21BrN2O2/c1-13-8-10-14(11-9-13)17(23)21-22(19(2,3)4)18(24)15-6-5-7-16(20)12-15/h5-12H,1-4H3,(H,21,23). The molecule has 0 unspecified atom stereocenters. The Labute approximate surface area is 151 Å². The maximum Gasteiger partial charge on any atom is 0.272 e. The molecule has 0 fully saturated rings. The first-order chi connectivity index (χ1) is 11.2. The third-order valence-corrected chi connectivity index (χ3v) is 3.97. The largest absolute Gasteiger partial charge is 0.272 e. The zero-order chi connectivity index (χ0) is 17.9. The van der Waals surface area contributed by atoms with E-state index in [4.69, 9.17) is 0 Å². The molecule has 2 aromatic carbocycles. The van der Waals surface area contributed by atoms with E-state index in [0.717, 1.165) is 10.0 Å². The minimum absolute atomic E-state index is 0.260. The van der Waals surface area contributed by atoms with Gasteiger partial charge in [-0.2, -0.15) is 0 Å². The van der Waals surface area contributed by atoms with Gasteiger partial charge in [-0.15, -0.1) is 0 Å². The maximum atomic E-state index is 12.9. The lowest BCUT2D eigenvalue weighted by Crippen LogP contribution is -2.55. The molecule has 0 aliphatic carbocycles. The van der Waals surface area contributed by atoms with Crippen LogP contribution in [0.4, 0.5) is 0 Å². The summed E-state index contributed by atoms with van der Waals surface area (Å²) in [7, 11) is 0. The topological polar surface area (TPSA) is 49.4 Å². The Morgan fingerprint density at radius 2 is 1.62 bits per heavy atom. The number of nitrogens with zero attached hydrogens (tertiary/aromatic N) is 1. The molecule has 2 amide bonds. The highest BCUT2D eigenvalue weighted by atomic mass is 79.9. The number of nitrogens with one attached hydrogen (secondary N) is 1. The van der Waals surface area contributed by atoms with Crippen LogP contribution in [0.15, 0.2) is 53.0 Å².